The second-order valence-electron chi connectivity index (χ2n) is 7.63. The van der Waals surface area contributed by atoms with Crippen LogP contribution >= 0.6 is 0 Å². The third-order valence-electron chi connectivity index (χ3n) is 5.42. The van der Waals surface area contributed by atoms with Crippen LogP contribution in [0.4, 0.5) is 0 Å². The molecule has 0 spiro atoms. The predicted octanol–water partition coefficient (Wildman–Crippen LogP) is -0.236. The maximum atomic E-state index is 13.3. The van der Waals surface area contributed by atoms with Crippen molar-refractivity contribution in [2.75, 3.05) is 13.7 Å². The molecule has 0 unspecified atom stereocenters. The number of aromatic hydroxyl groups is 3. The van der Waals surface area contributed by atoms with Crippen molar-refractivity contribution >= 4 is 11.0 Å². The molecule has 0 bridgehead atoms. The number of ether oxygens (including phenoxy) is 3. The van der Waals surface area contributed by atoms with Crippen LogP contribution in [-0.4, -0.2) is 80.2 Å². The lowest BCUT2D eigenvalue weighted by atomic mass is 9.99. The molecule has 12 nitrogen and oxygen atoms in total. The Bertz CT molecular complexity index is 1270. The van der Waals surface area contributed by atoms with E-state index in [1.807, 2.05) is 0 Å². The molecule has 1 saturated heterocycles. The normalized spacial score (nSPS) is 24.8. The summed E-state index contributed by atoms with van der Waals surface area (Å²) in [6.45, 7) is -0.693. The number of phenols is 3. The van der Waals surface area contributed by atoms with Gasteiger partial charge in [-0.1, -0.05) is 0 Å². The van der Waals surface area contributed by atoms with E-state index >= 15 is 0 Å². The first-order chi connectivity index (χ1) is 16.2. The van der Waals surface area contributed by atoms with Gasteiger partial charge in [-0.05, 0) is 12.1 Å². The first-order valence-corrected chi connectivity index (χ1v) is 10.0. The van der Waals surface area contributed by atoms with E-state index in [9.17, 15) is 40.5 Å². The highest BCUT2D eigenvalue weighted by atomic mass is 16.7. The average Bonchev–Trinajstić information content (AvgIpc) is 2.79. The molecule has 4 rings (SSSR count). The summed E-state index contributed by atoms with van der Waals surface area (Å²) in [5.41, 5.74) is -0.938. The molecule has 1 fully saturated rings. The van der Waals surface area contributed by atoms with Crippen LogP contribution in [0.25, 0.3) is 22.3 Å². The largest absolute Gasteiger partial charge is 0.508 e. The molecule has 0 amide bonds. The number of benzene rings is 2. The van der Waals surface area contributed by atoms with Gasteiger partial charge in [0.15, 0.2) is 5.76 Å². The van der Waals surface area contributed by atoms with Crippen LogP contribution in [0.15, 0.2) is 39.5 Å². The van der Waals surface area contributed by atoms with Crippen molar-refractivity contribution in [1.82, 2.24) is 0 Å². The van der Waals surface area contributed by atoms with Gasteiger partial charge in [-0.3, -0.25) is 4.79 Å². The number of hydrogen-bond donors (Lipinski definition) is 7. The smallest absolute Gasteiger partial charge is 0.239 e. The first kappa shape index (κ1) is 23.6. The lowest BCUT2D eigenvalue weighted by Gasteiger charge is -2.39. The maximum Gasteiger partial charge on any atom is 0.239 e. The van der Waals surface area contributed by atoms with Crippen molar-refractivity contribution in [2.45, 2.75) is 30.7 Å². The van der Waals surface area contributed by atoms with Crippen LogP contribution in [0, 0.1) is 0 Å². The lowest BCUT2D eigenvalue weighted by Crippen LogP contribution is -2.60. The highest BCUT2D eigenvalue weighted by molar-refractivity contribution is 5.89. The van der Waals surface area contributed by atoms with Gasteiger partial charge in [0.1, 0.15) is 58.4 Å². The van der Waals surface area contributed by atoms with Gasteiger partial charge in [0.25, 0.3) is 0 Å². The van der Waals surface area contributed by atoms with Crippen LogP contribution in [0.5, 0.6) is 28.7 Å². The Labute approximate surface area is 191 Å². The van der Waals surface area contributed by atoms with Gasteiger partial charge >= 0.3 is 0 Å². The minimum atomic E-state index is -1.77. The van der Waals surface area contributed by atoms with E-state index < -0.39 is 54.2 Å². The Morgan fingerprint density at radius 2 is 1.71 bits per heavy atom. The van der Waals surface area contributed by atoms with E-state index in [0.717, 1.165) is 18.2 Å². The maximum absolute atomic E-state index is 13.3. The van der Waals surface area contributed by atoms with Gasteiger partial charge in [-0.25, -0.2) is 0 Å². The summed E-state index contributed by atoms with van der Waals surface area (Å²) in [4.78, 5) is 13.3. The molecule has 0 saturated carbocycles. The number of aliphatic hydroxyl groups is 4. The fraction of sp³-hybridized carbons (Fsp3) is 0.318. The molecule has 1 aromatic heterocycles. The van der Waals surface area contributed by atoms with Crippen LogP contribution in [-0.2, 0) is 4.74 Å². The van der Waals surface area contributed by atoms with Gasteiger partial charge in [0, 0.05) is 18.2 Å². The van der Waals surface area contributed by atoms with Crippen molar-refractivity contribution in [3.8, 4) is 40.1 Å². The molecule has 1 aliphatic heterocycles. The highest BCUT2D eigenvalue weighted by Crippen LogP contribution is 2.40. The van der Waals surface area contributed by atoms with E-state index in [0.29, 0.717) is 0 Å². The van der Waals surface area contributed by atoms with Crippen molar-refractivity contribution in [3.63, 3.8) is 0 Å². The topological polar surface area (TPSA) is 200 Å². The molecule has 2 heterocycles. The van der Waals surface area contributed by atoms with Crippen LogP contribution in [0.1, 0.15) is 0 Å². The quantitative estimate of drug-likeness (QED) is 0.254. The molecule has 3 aromatic rings. The minimum Gasteiger partial charge on any atom is -0.508 e. The SMILES string of the molecule is COc1c(-c2ccc(O)cc2O)oc2cc(O)cc(O[C@@H]3O[C@H](CO)[C@@H](O)[C@H](O)[C@H]3O)c2c1=O. The highest BCUT2D eigenvalue weighted by Gasteiger charge is 2.45. The van der Waals surface area contributed by atoms with Crippen LogP contribution in [0.2, 0.25) is 0 Å². The number of phenolic OH excluding ortho intramolecular Hbond substituents is 3. The van der Waals surface area contributed by atoms with Crippen LogP contribution in [0.3, 0.4) is 0 Å². The molecule has 2 aromatic carbocycles. The lowest BCUT2D eigenvalue weighted by molar-refractivity contribution is -0.277. The molecule has 0 aliphatic carbocycles. The Morgan fingerprint density at radius 1 is 0.971 bits per heavy atom. The van der Waals surface area contributed by atoms with Gasteiger partial charge in [-0.15, -0.1) is 0 Å². The number of rotatable bonds is 5. The van der Waals surface area contributed by atoms with Crippen molar-refractivity contribution in [3.05, 3.63) is 40.6 Å². The third kappa shape index (κ3) is 3.97. The number of hydrogen-bond acceptors (Lipinski definition) is 12. The second-order valence-corrected chi connectivity index (χ2v) is 7.63. The second kappa shape index (κ2) is 9.00. The zero-order valence-corrected chi connectivity index (χ0v) is 17.7. The Hall–Kier alpha value is -3.55. The summed E-state index contributed by atoms with van der Waals surface area (Å²) in [5.74, 6) is -1.87. The number of methoxy groups -OCH3 is 1. The van der Waals surface area contributed by atoms with Gasteiger partial charge in [-0.2, -0.15) is 0 Å². The average molecular weight is 478 g/mol. The molecule has 182 valence electrons. The monoisotopic (exact) mass is 478 g/mol. The van der Waals surface area contributed by atoms with Crippen molar-refractivity contribution < 1.29 is 54.4 Å². The van der Waals surface area contributed by atoms with Gasteiger partial charge in [0.2, 0.25) is 17.5 Å². The van der Waals surface area contributed by atoms with E-state index in [1.54, 1.807) is 0 Å². The van der Waals surface area contributed by atoms with Crippen LogP contribution < -0.4 is 14.9 Å². The summed E-state index contributed by atoms with van der Waals surface area (Å²) in [6, 6.07) is 5.74. The zero-order valence-electron chi connectivity index (χ0n) is 17.7. The number of fused-ring (bicyclic) bond motifs is 1. The molecule has 0 radical (unpaired) electrons. The summed E-state index contributed by atoms with van der Waals surface area (Å²) < 4.78 is 21.8. The summed E-state index contributed by atoms with van der Waals surface area (Å²) in [6.07, 6.45) is -8.01. The van der Waals surface area contributed by atoms with E-state index in [1.165, 1.54) is 19.2 Å². The van der Waals surface area contributed by atoms with E-state index in [2.05, 4.69) is 0 Å². The van der Waals surface area contributed by atoms with E-state index in [-0.39, 0.29) is 39.5 Å². The molecule has 12 heteroatoms. The predicted molar refractivity (Wildman–Crippen MR) is 114 cm³/mol. The molecule has 1 aliphatic rings. The fourth-order valence-electron chi connectivity index (χ4n) is 3.71. The standard InChI is InChI=1S/C22H22O12/c1-31-21-17(28)15-12(32-20(21)10-3-2-8(24)4-11(10)26)5-9(25)6-13(15)33-22-19(30)18(29)16(27)14(7-23)34-22/h2-6,14,16,18-19,22-27,29-30H,7H2,1H3/t14-,16-,18+,19-,22-/m1/s1. The molecular formula is C22H22O12. The summed E-state index contributed by atoms with van der Waals surface area (Å²) >= 11 is 0. The molecular weight excluding hydrogens is 456 g/mol. The Balaban J connectivity index is 1.86. The van der Waals surface area contributed by atoms with Gasteiger partial charge < -0.3 is 54.4 Å². The zero-order chi connectivity index (χ0) is 24.7. The number of aliphatic hydroxyl groups excluding tert-OH is 4. The van der Waals surface area contributed by atoms with E-state index in [4.69, 9.17) is 18.6 Å². The van der Waals surface area contributed by atoms with Crippen molar-refractivity contribution in [2.24, 2.45) is 0 Å². The Morgan fingerprint density at radius 3 is 2.35 bits per heavy atom. The Kier molecular flexibility index (Phi) is 6.25. The third-order valence-corrected chi connectivity index (χ3v) is 5.42. The molecule has 5 atom stereocenters. The summed E-state index contributed by atoms with van der Waals surface area (Å²) in [5, 5.41) is 69.3. The van der Waals surface area contributed by atoms with Gasteiger partial charge in [0.05, 0.1) is 19.3 Å². The molecule has 34 heavy (non-hydrogen) atoms. The summed E-state index contributed by atoms with van der Waals surface area (Å²) in [7, 11) is 1.19. The first-order valence-electron chi connectivity index (χ1n) is 10.0. The van der Waals surface area contributed by atoms with Crippen molar-refractivity contribution in [1.29, 1.82) is 0 Å². The minimum absolute atomic E-state index is 0.0217. The fourth-order valence-corrected chi connectivity index (χ4v) is 3.71. The molecule has 7 N–H and O–H groups in total.